The summed E-state index contributed by atoms with van der Waals surface area (Å²) in [6.45, 7) is 3.84. The molecule has 0 aliphatic heterocycles. The lowest BCUT2D eigenvalue weighted by Crippen LogP contribution is -2.15. The SMILES string of the molecule is Cc1nc(NC(=O)c2cnn(-c3ccccc3F)c2-n2cccc2)sc1C. The van der Waals surface area contributed by atoms with Gasteiger partial charge in [-0.15, -0.1) is 11.3 Å². The van der Waals surface area contributed by atoms with Crippen molar-refractivity contribution in [3.63, 3.8) is 0 Å². The number of carbonyl (C=O) groups excluding carboxylic acids is 1. The number of carbonyl (C=O) groups is 1. The first-order chi connectivity index (χ1) is 13.0. The van der Waals surface area contributed by atoms with E-state index in [0.29, 0.717) is 16.5 Å². The van der Waals surface area contributed by atoms with Gasteiger partial charge < -0.3 is 4.57 Å². The molecule has 0 unspecified atom stereocenters. The molecule has 8 heteroatoms. The van der Waals surface area contributed by atoms with Gasteiger partial charge in [0.2, 0.25) is 0 Å². The van der Waals surface area contributed by atoms with Gasteiger partial charge in [-0.3, -0.25) is 10.1 Å². The quantitative estimate of drug-likeness (QED) is 0.578. The molecule has 0 atom stereocenters. The molecule has 0 aliphatic rings. The molecule has 1 aromatic carbocycles. The van der Waals surface area contributed by atoms with Crippen molar-refractivity contribution in [1.29, 1.82) is 0 Å². The Morgan fingerprint density at radius 1 is 1.15 bits per heavy atom. The minimum Gasteiger partial charge on any atom is -0.308 e. The number of anilines is 1. The Hall–Kier alpha value is -3.26. The van der Waals surface area contributed by atoms with E-state index >= 15 is 0 Å². The van der Waals surface area contributed by atoms with Crippen molar-refractivity contribution in [2.45, 2.75) is 13.8 Å². The van der Waals surface area contributed by atoms with Gasteiger partial charge in [-0.2, -0.15) is 5.10 Å². The van der Waals surface area contributed by atoms with Crippen molar-refractivity contribution < 1.29 is 9.18 Å². The third kappa shape index (κ3) is 3.15. The van der Waals surface area contributed by atoms with Gasteiger partial charge in [0.25, 0.3) is 5.91 Å². The van der Waals surface area contributed by atoms with Crippen molar-refractivity contribution >= 4 is 22.4 Å². The van der Waals surface area contributed by atoms with E-state index in [9.17, 15) is 9.18 Å². The number of aryl methyl sites for hydroxylation is 2. The Bertz CT molecular complexity index is 1090. The van der Waals surface area contributed by atoms with Crippen LogP contribution in [0.4, 0.5) is 9.52 Å². The number of thiazole rings is 1. The van der Waals surface area contributed by atoms with Gasteiger partial charge in [-0.1, -0.05) is 12.1 Å². The Labute approximate surface area is 158 Å². The zero-order chi connectivity index (χ0) is 19.0. The fraction of sp³-hybridized carbons (Fsp3) is 0.105. The van der Waals surface area contributed by atoms with Crippen LogP contribution in [-0.4, -0.2) is 25.2 Å². The molecule has 1 amide bonds. The summed E-state index contributed by atoms with van der Waals surface area (Å²) in [5.41, 5.74) is 1.46. The minimum atomic E-state index is -0.424. The third-order valence-corrected chi connectivity index (χ3v) is 5.16. The van der Waals surface area contributed by atoms with E-state index in [2.05, 4.69) is 15.4 Å². The summed E-state index contributed by atoms with van der Waals surface area (Å²) < 4.78 is 17.5. The molecule has 0 saturated carbocycles. The first kappa shape index (κ1) is 17.2. The largest absolute Gasteiger partial charge is 0.308 e. The fourth-order valence-electron chi connectivity index (χ4n) is 2.72. The molecule has 0 spiro atoms. The number of hydrogen-bond acceptors (Lipinski definition) is 4. The van der Waals surface area contributed by atoms with E-state index < -0.39 is 5.82 Å². The van der Waals surface area contributed by atoms with E-state index in [-0.39, 0.29) is 11.6 Å². The number of halogens is 1. The smallest absolute Gasteiger partial charge is 0.262 e. The highest BCUT2D eigenvalue weighted by molar-refractivity contribution is 7.15. The maximum absolute atomic E-state index is 14.3. The van der Waals surface area contributed by atoms with Gasteiger partial charge in [-0.05, 0) is 38.1 Å². The predicted octanol–water partition coefficient (Wildman–Crippen LogP) is 4.13. The van der Waals surface area contributed by atoms with Crippen LogP contribution in [0.25, 0.3) is 11.5 Å². The number of para-hydroxylation sites is 1. The predicted molar refractivity (Wildman–Crippen MR) is 102 cm³/mol. The van der Waals surface area contributed by atoms with Crippen molar-refractivity contribution in [3.8, 4) is 11.5 Å². The Morgan fingerprint density at radius 2 is 1.89 bits per heavy atom. The molecule has 0 radical (unpaired) electrons. The number of hydrogen-bond donors (Lipinski definition) is 1. The van der Waals surface area contributed by atoms with Crippen LogP contribution in [0.1, 0.15) is 20.9 Å². The van der Waals surface area contributed by atoms with Crippen LogP contribution in [0.2, 0.25) is 0 Å². The third-order valence-electron chi connectivity index (χ3n) is 4.17. The second-order valence-electron chi connectivity index (χ2n) is 5.95. The van der Waals surface area contributed by atoms with E-state index in [1.54, 1.807) is 35.2 Å². The summed E-state index contributed by atoms with van der Waals surface area (Å²) >= 11 is 1.41. The van der Waals surface area contributed by atoms with Crippen LogP contribution < -0.4 is 5.32 Å². The molecule has 27 heavy (non-hydrogen) atoms. The lowest BCUT2D eigenvalue weighted by molar-refractivity contribution is 0.102. The zero-order valence-electron chi connectivity index (χ0n) is 14.7. The second-order valence-corrected chi connectivity index (χ2v) is 7.15. The average molecular weight is 381 g/mol. The Balaban J connectivity index is 1.79. The van der Waals surface area contributed by atoms with Crippen molar-refractivity contribution in [2.24, 2.45) is 0 Å². The molecular weight excluding hydrogens is 365 g/mol. The highest BCUT2D eigenvalue weighted by Crippen LogP contribution is 2.25. The Morgan fingerprint density at radius 3 is 2.56 bits per heavy atom. The monoisotopic (exact) mass is 381 g/mol. The number of benzene rings is 1. The van der Waals surface area contributed by atoms with Crippen molar-refractivity contribution in [1.82, 2.24) is 19.3 Å². The Kier molecular flexibility index (Phi) is 4.33. The number of rotatable bonds is 4. The lowest BCUT2D eigenvalue weighted by atomic mass is 10.2. The maximum atomic E-state index is 14.3. The molecule has 0 aliphatic carbocycles. The molecule has 6 nitrogen and oxygen atoms in total. The summed E-state index contributed by atoms with van der Waals surface area (Å²) in [5, 5.41) is 7.60. The molecular formula is C19H16FN5OS. The van der Waals surface area contributed by atoms with Crippen LogP contribution in [0.3, 0.4) is 0 Å². The lowest BCUT2D eigenvalue weighted by Gasteiger charge is -2.11. The standard InChI is InChI=1S/C19H16FN5OS/c1-12-13(2)27-19(22-12)23-17(26)14-11-21-25(16-8-4-3-7-15(16)20)18(14)24-9-5-6-10-24/h3-11H,1-2H3,(H,22,23,26). The van der Waals surface area contributed by atoms with Crippen LogP contribution in [0, 0.1) is 19.7 Å². The number of aromatic nitrogens is 4. The number of nitrogens with zero attached hydrogens (tertiary/aromatic N) is 4. The molecule has 0 bridgehead atoms. The van der Waals surface area contributed by atoms with Crippen molar-refractivity contribution in [3.05, 3.63) is 76.9 Å². The zero-order valence-corrected chi connectivity index (χ0v) is 15.5. The topological polar surface area (TPSA) is 64.7 Å². The second kappa shape index (κ2) is 6.81. The van der Waals surface area contributed by atoms with E-state index in [0.717, 1.165) is 10.6 Å². The molecule has 1 N–H and O–H groups in total. The molecule has 3 heterocycles. The summed E-state index contributed by atoms with van der Waals surface area (Å²) in [4.78, 5) is 18.3. The summed E-state index contributed by atoms with van der Waals surface area (Å²) in [6, 6.07) is 9.96. The summed E-state index contributed by atoms with van der Waals surface area (Å²) in [6.07, 6.45) is 5.00. The number of amides is 1. The number of nitrogens with one attached hydrogen (secondary N) is 1. The van der Waals surface area contributed by atoms with Gasteiger partial charge in [0.05, 0.1) is 11.9 Å². The van der Waals surface area contributed by atoms with Crippen LogP contribution >= 0.6 is 11.3 Å². The van der Waals surface area contributed by atoms with Gasteiger partial charge in [-0.25, -0.2) is 14.1 Å². The molecule has 3 aromatic heterocycles. The van der Waals surface area contributed by atoms with Gasteiger partial charge in [0.1, 0.15) is 17.1 Å². The van der Waals surface area contributed by atoms with E-state index in [4.69, 9.17) is 0 Å². The van der Waals surface area contributed by atoms with E-state index in [1.165, 1.54) is 28.3 Å². The minimum absolute atomic E-state index is 0.265. The normalized spacial score (nSPS) is 10.9. The summed E-state index contributed by atoms with van der Waals surface area (Å²) in [7, 11) is 0. The van der Waals surface area contributed by atoms with Gasteiger partial charge in [0.15, 0.2) is 10.9 Å². The average Bonchev–Trinajstić information content (AvgIpc) is 3.36. The van der Waals surface area contributed by atoms with Crippen LogP contribution in [0.15, 0.2) is 55.0 Å². The highest BCUT2D eigenvalue weighted by atomic mass is 32.1. The van der Waals surface area contributed by atoms with E-state index in [1.807, 2.05) is 26.0 Å². The molecule has 4 aromatic rings. The molecule has 0 fully saturated rings. The fourth-order valence-corrected chi connectivity index (χ4v) is 3.53. The van der Waals surface area contributed by atoms with Gasteiger partial charge in [0, 0.05) is 17.3 Å². The highest BCUT2D eigenvalue weighted by Gasteiger charge is 2.22. The first-order valence-corrected chi connectivity index (χ1v) is 9.08. The maximum Gasteiger partial charge on any atom is 0.262 e. The van der Waals surface area contributed by atoms with Crippen molar-refractivity contribution in [2.75, 3.05) is 5.32 Å². The van der Waals surface area contributed by atoms with Gasteiger partial charge >= 0.3 is 0 Å². The first-order valence-electron chi connectivity index (χ1n) is 8.26. The van der Waals surface area contributed by atoms with Crippen LogP contribution in [0.5, 0.6) is 0 Å². The molecule has 136 valence electrons. The summed E-state index contributed by atoms with van der Waals surface area (Å²) in [5.74, 6) is -0.324. The van der Waals surface area contributed by atoms with Crippen LogP contribution in [-0.2, 0) is 0 Å². The molecule has 0 saturated heterocycles. The molecule has 4 rings (SSSR count).